The third-order valence-corrected chi connectivity index (χ3v) is 8.83. The zero-order chi connectivity index (χ0) is 26.2. The van der Waals surface area contributed by atoms with E-state index >= 15 is 0 Å². The lowest BCUT2D eigenvalue weighted by Gasteiger charge is -2.32. The van der Waals surface area contributed by atoms with Crippen LogP contribution in [-0.2, 0) is 4.74 Å². The first-order valence-corrected chi connectivity index (χ1v) is 15.5. The van der Waals surface area contributed by atoms with E-state index in [0.717, 1.165) is 94.2 Å². The van der Waals surface area contributed by atoms with Gasteiger partial charge >= 0.3 is 0 Å². The number of nitrogens with two attached hydrogens (primary N) is 1. The molecule has 2 aromatic heterocycles. The lowest BCUT2D eigenvalue weighted by Crippen LogP contribution is -2.39. The molecule has 3 fully saturated rings. The molecule has 0 amide bonds. The number of unbranched alkanes of at least 4 members (excludes halogenated alkanes) is 2. The Morgan fingerprint density at radius 2 is 1.63 bits per heavy atom. The van der Waals surface area contributed by atoms with Gasteiger partial charge in [-0.3, -0.25) is 0 Å². The summed E-state index contributed by atoms with van der Waals surface area (Å²) in [6.07, 6.45) is 18.3. The highest BCUT2D eigenvalue weighted by atomic mass is 16.5. The van der Waals surface area contributed by atoms with E-state index in [4.69, 9.17) is 25.4 Å². The summed E-state index contributed by atoms with van der Waals surface area (Å²) in [6, 6.07) is 1.65. The molecule has 0 bridgehead atoms. The van der Waals surface area contributed by atoms with Gasteiger partial charge in [-0.1, -0.05) is 26.2 Å². The molecule has 212 valence electrons. The van der Waals surface area contributed by atoms with Gasteiger partial charge in [0.1, 0.15) is 0 Å². The normalized spacial score (nSPS) is 23.8. The van der Waals surface area contributed by atoms with Gasteiger partial charge in [0.05, 0.1) is 6.33 Å². The Bertz CT molecular complexity index is 974. The second kappa shape index (κ2) is 13.9. The molecular formula is C29H50N8O. The third kappa shape index (κ3) is 7.36. The van der Waals surface area contributed by atoms with Crippen molar-refractivity contribution in [1.82, 2.24) is 24.4 Å². The predicted octanol–water partition coefficient (Wildman–Crippen LogP) is 5.10. The molecule has 9 heteroatoms. The van der Waals surface area contributed by atoms with Crippen LogP contribution in [0.1, 0.15) is 103 Å². The molecule has 9 nitrogen and oxygen atoms in total. The Kier molecular flexibility index (Phi) is 10.1. The van der Waals surface area contributed by atoms with Crippen LogP contribution in [0, 0.1) is 0 Å². The van der Waals surface area contributed by atoms with Gasteiger partial charge in [0, 0.05) is 50.5 Å². The molecule has 2 aliphatic carbocycles. The second-order valence-corrected chi connectivity index (χ2v) is 11.8. The van der Waals surface area contributed by atoms with Crippen LogP contribution in [0.15, 0.2) is 6.33 Å². The third-order valence-electron chi connectivity index (χ3n) is 8.83. The highest BCUT2D eigenvalue weighted by molar-refractivity contribution is 5.84. The number of likely N-dealkylation sites (tertiary alicyclic amines) is 1. The monoisotopic (exact) mass is 526 g/mol. The van der Waals surface area contributed by atoms with Gasteiger partial charge in [0.25, 0.3) is 0 Å². The van der Waals surface area contributed by atoms with Crippen molar-refractivity contribution in [2.75, 3.05) is 43.5 Å². The molecule has 1 aliphatic heterocycles. The van der Waals surface area contributed by atoms with Crippen molar-refractivity contribution in [2.45, 2.75) is 121 Å². The molecule has 3 aliphatic rings. The maximum Gasteiger partial charge on any atom is 0.227 e. The lowest BCUT2D eigenvalue weighted by atomic mass is 9.92. The van der Waals surface area contributed by atoms with Crippen LogP contribution in [0.3, 0.4) is 0 Å². The van der Waals surface area contributed by atoms with E-state index in [0.29, 0.717) is 24.2 Å². The minimum Gasteiger partial charge on any atom is -0.381 e. The smallest absolute Gasteiger partial charge is 0.227 e. The average Bonchev–Trinajstić information content (AvgIpc) is 3.61. The number of ether oxygens (including phenoxy) is 1. The number of rotatable bonds is 13. The van der Waals surface area contributed by atoms with Crippen LogP contribution in [0.4, 0.5) is 11.8 Å². The van der Waals surface area contributed by atoms with E-state index < -0.39 is 0 Å². The summed E-state index contributed by atoms with van der Waals surface area (Å²) in [7, 11) is 0. The van der Waals surface area contributed by atoms with Crippen molar-refractivity contribution in [2.24, 2.45) is 5.73 Å². The molecule has 0 atom stereocenters. The Morgan fingerprint density at radius 1 is 0.895 bits per heavy atom. The number of hydrogen-bond acceptors (Lipinski definition) is 8. The Hall–Kier alpha value is -1.97. The first-order valence-electron chi connectivity index (χ1n) is 15.5. The largest absolute Gasteiger partial charge is 0.381 e. The Balaban J connectivity index is 1.19. The van der Waals surface area contributed by atoms with Crippen LogP contribution in [0.25, 0.3) is 11.2 Å². The average molecular weight is 527 g/mol. The van der Waals surface area contributed by atoms with Gasteiger partial charge in [0.15, 0.2) is 17.0 Å². The first-order chi connectivity index (χ1) is 18.7. The summed E-state index contributed by atoms with van der Waals surface area (Å²) in [6.45, 7) is 7.46. The summed E-state index contributed by atoms with van der Waals surface area (Å²) < 4.78 is 8.03. The number of aromatic nitrogens is 4. The van der Waals surface area contributed by atoms with E-state index in [1.165, 1.54) is 51.5 Å². The molecule has 0 aromatic carbocycles. The van der Waals surface area contributed by atoms with Gasteiger partial charge in [-0.05, 0) is 77.2 Å². The zero-order valence-electron chi connectivity index (χ0n) is 23.5. The van der Waals surface area contributed by atoms with Gasteiger partial charge in [-0.2, -0.15) is 9.97 Å². The van der Waals surface area contributed by atoms with Gasteiger partial charge < -0.3 is 30.6 Å². The van der Waals surface area contributed by atoms with Gasteiger partial charge in [0.2, 0.25) is 5.95 Å². The van der Waals surface area contributed by atoms with E-state index in [9.17, 15) is 0 Å². The summed E-state index contributed by atoms with van der Waals surface area (Å²) in [4.78, 5) is 17.4. The molecule has 2 aromatic rings. The molecule has 4 N–H and O–H groups in total. The minimum absolute atomic E-state index is 0.336. The molecule has 0 unspecified atom stereocenters. The van der Waals surface area contributed by atoms with Crippen molar-refractivity contribution in [3.05, 3.63) is 6.33 Å². The van der Waals surface area contributed by atoms with Crippen LogP contribution >= 0.6 is 0 Å². The minimum atomic E-state index is 0.336. The van der Waals surface area contributed by atoms with Crippen molar-refractivity contribution >= 4 is 22.9 Å². The van der Waals surface area contributed by atoms with Crippen LogP contribution < -0.4 is 16.4 Å². The Morgan fingerprint density at radius 3 is 2.39 bits per heavy atom. The maximum absolute atomic E-state index is 6.15. The van der Waals surface area contributed by atoms with Crippen molar-refractivity contribution in [3.8, 4) is 0 Å². The zero-order valence-corrected chi connectivity index (χ0v) is 23.5. The number of nitrogens with zero attached hydrogens (tertiary/aromatic N) is 5. The van der Waals surface area contributed by atoms with E-state index in [2.05, 4.69) is 27.0 Å². The second-order valence-electron chi connectivity index (χ2n) is 11.8. The molecule has 3 heterocycles. The van der Waals surface area contributed by atoms with Crippen molar-refractivity contribution in [3.63, 3.8) is 0 Å². The molecule has 0 radical (unpaired) electrons. The van der Waals surface area contributed by atoms with Crippen molar-refractivity contribution in [1.29, 1.82) is 0 Å². The highest BCUT2D eigenvalue weighted by Gasteiger charge is 2.26. The maximum atomic E-state index is 6.15. The van der Waals surface area contributed by atoms with Crippen LogP contribution in [0.2, 0.25) is 0 Å². The molecule has 38 heavy (non-hydrogen) atoms. The number of piperidine rings is 1. The number of imidazole rings is 1. The van der Waals surface area contributed by atoms with Crippen molar-refractivity contribution < 1.29 is 4.74 Å². The lowest BCUT2D eigenvalue weighted by molar-refractivity contribution is 0.122. The summed E-state index contributed by atoms with van der Waals surface area (Å²) in [5.74, 6) is 1.63. The number of hydrogen-bond donors (Lipinski definition) is 3. The van der Waals surface area contributed by atoms with E-state index in [-0.39, 0.29) is 0 Å². The first kappa shape index (κ1) is 27.6. The van der Waals surface area contributed by atoms with Crippen LogP contribution in [-0.4, -0.2) is 75.4 Å². The van der Waals surface area contributed by atoms with Gasteiger partial charge in [-0.15, -0.1) is 0 Å². The fourth-order valence-electron chi connectivity index (χ4n) is 6.36. The quantitative estimate of drug-likeness (QED) is 0.310. The summed E-state index contributed by atoms with van der Waals surface area (Å²) in [5, 5.41) is 7.45. The summed E-state index contributed by atoms with van der Waals surface area (Å²) >= 11 is 0. The number of anilines is 2. The van der Waals surface area contributed by atoms with Crippen LogP contribution in [0.5, 0.6) is 0 Å². The molecule has 2 saturated carbocycles. The van der Waals surface area contributed by atoms with E-state index in [1.54, 1.807) is 0 Å². The fraction of sp³-hybridized carbons (Fsp3) is 0.828. The molecular weight excluding hydrogens is 476 g/mol. The topological polar surface area (TPSA) is 106 Å². The standard InChI is InChI=1S/C29H50N8O/c1-2-3-19-38-20-7-6-16-36-17-14-24(15-18-36)32-27-26-28(37(21-31-26)25-8-4-5-9-25)35-29(34-27)33-23-12-10-22(30)11-13-23/h21-25H,2-20,30H2,1H3,(H2,32,33,34,35). The SMILES string of the molecule is CCCCOCCCCN1CCC(Nc2nc(NC3CCC(N)CC3)nc3c2ncn3C2CCCC2)CC1. The highest BCUT2D eigenvalue weighted by Crippen LogP contribution is 2.34. The number of nitrogens with one attached hydrogen (secondary N) is 2. The molecule has 1 saturated heterocycles. The van der Waals surface area contributed by atoms with E-state index in [1.807, 2.05) is 6.33 Å². The number of fused-ring (bicyclic) bond motifs is 1. The summed E-state index contributed by atoms with van der Waals surface area (Å²) in [5.41, 5.74) is 8.04. The van der Waals surface area contributed by atoms with Gasteiger partial charge in [-0.25, -0.2) is 4.98 Å². The fourth-order valence-corrected chi connectivity index (χ4v) is 6.36. The molecule has 0 spiro atoms. The Labute approximate surface area is 228 Å². The molecule has 5 rings (SSSR count). The predicted molar refractivity (Wildman–Crippen MR) is 155 cm³/mol.